The van der Waals surface area contributed by atoms with Crippen molar-refractivity contribution in [2.24, 2.45) is 0 Å². The number of nitrogens with zero attached hydrogens (tertiary/aromatic N) is 1. The molecule has 0 aliphatic carbocycles. The molecule has 0 radical (unpaired) electrons. The summed E-state index contributed by atoms with van der Waals surface area (Å²) in [7, 11) is 0. The van der Waals surface area contributed by atoms with Crippen molar-refractivity contribution in [2.75, 3.05) is 5.32 Å². The molecule has 0 spiro atoms. The fourth-order valence-electron chi connectivity index (χ4n) is 1.87. The second-order valence-electron chi connectivity index (χ2n) is 4.15. The van der Waals surface area contributed by atoms with Gasteiger partial charge in [0.2, 0.25) is 0 Å². The van der Waals surface area contributed by atoms with Crippen molar-refractivity contribution in [1.82, 2.24) is 4.98 Å². The van der Waals surface area contributed by atoms with Crippen molar-refractivity contribution in [1.29, 1.82) is 0 Å². The van der Waals surface area contributed by atoms with Gasteiger partial charge < -0.3 is 10.4 Å². The van der Waals surface area contributed by atoms with Crippen molar-refractivity contribution < 1.29 is 9.90 Å². The Bertz CT molecular complexity index is 709. The van der Waals surface area contributed by atoms with E-state index in [1.54, 1.807) is 12.3 Å². The molecule has 3 rings (SSSR count). The Morgan fingerprint density at radius 2 is 2.10 bits per heavy atom. The maximum atomic E-state index is 11.5. The number of benzene rings is 1. The van der Waals surface area contributed by atoms with Gasteiger partial charge >= 0.3 is 0 Å². The number of aliphatic hydroxyl groups is 1. The molecule has 1 unspecified atom stereocenters. The van der Waals surface area contributed by atoms with Crippen molar-refractivity contribution in [3.8, 4) is 0 Å². The minimum absolute atomic E-state index is 0.395. The Morgan fingerprint density at radius 3 is 2.85 bits per heavy atom. The average Bonchev–Trinajstić information content (AvgIpc) is 2.69. The number of hydrogen-bond donors (Lipinski definition) is 2. The zero-order chi connectivity index (χ0) is 14.3. The zero-order valence-electron chi connectivity index (χ0n) is 9.93. The molecule has 1 atom stereocenters. The number of carbonyl (C=O) groups excluding carboxylic acids is 1. The summed E-state index contributed by atoms with van der Waals surface area (Å²) in [6.45, 7) is 0. The molecule has 1 aliphatic rings. The third kappa shape index (κ3) is 2.50. The van der Waals surface area contributed by atoms with Gasteiger partial charge in [-0.1, -0.05) is 11.8 Å². The number of nitrogens with one attached hydrogen (secondary N) is 1. The number of anilines is 1. The first kappa shape index (κ1) is 14.1. The van der Waals surface area contributed by atoms with Crippen molar-refractivity contribution in [3.63, 3.8) is 0 Å². The second kappa shape index (κ2) is 5.48. The average molecular weight is 416 g/mol. The molecule has 0 saturated carbocycles. The molecule has 1 aromatic heterocycles. The van der Waals surface area contributed by atoms with Crippen LogP contribution in [0.15, 0.2) is 49.3 Å². The highest BCUT2D eigenvalue weighted by molar-refractivity contribution is 9.11. The van der Waals surface area contributed by atoms with E-state index in [4.69, 9.17) is 0 Å². The van der Waals surface area contributed by atoms with E-state index in [0.717, 1.165) is 18.9 Å². The van der Waals surface area contributed by atoms with Gasteiger partial charge in [-0.15, -0.1) is 0 Å². The molecule has 2 N–H and O–H groups in total. The van der Waals surface area contributed by atoms with Crippen LogP contribution in [0.3, 0.4) is 0 Å². The molecule has 1 aliphatic heterocycles. The molecule has 4 nitrogen and oxygen atoms in total. The highest BCUT2D eigenvalue weighted by Crippen LogP contribution is 2.42. The molecule has 0 fully saturated rings. The van der Waals surface area contributed by atoms with Gasteiger partial charge in [-0.3, -0.25) is 4.79 Å². The summed E-state index contributed by atoms with van der Waals surface area (Å²) >= 11 is 8.39. The van der Waals surface area contributed by atoms with Gasteiger partial charge in [0.05, 0.1) is 4.47 Å². The van der Waals surface area contributed by atoms with E-state index in [1.165, 1.54) is 11.8 Å². The van der Waals surface area contributed by atoms with Gasteiger partial charge in [0.1, 0.15) is 5.03 Å². The molecule has 102 valence electrons. The summed E-state index contributed by atoms with van der Waals surface area (Å²) in [5, 5.41) is 13.2. The number of carbonyl (C=O) groups is 1. The summed E-state index contributed by atoms with van der Waals surface area (Å²) in [5.74, 6) is -0.395. The quantitative estimate of drug-likeness (QED) is 0.784. The van der Waals surface area contributed by atoms with Crippen LogP contribution in [-0.4, -0.2) is 16.0 Å². The summed E-state index contributed by atoms with van der Waals surface area (Å²) < 4.78 is 1.72. The topological polar surface area (TPSA) is 62.2 Å². The minimum atomic E-state index is -1.10. The lowest BCUT2D eigenvalue weighted by atomic mass is 10.1. The first-order chi connectivity index (χ1) is 9.56. The molecule has 7 heteroatoms. The molecule has 2 aromatic rings. The summed E-state index contributed by atoms with van der Waals surface area (Å²) in [6.07, 6.45) is 0.627. The van der Waals surface area contributed by atoms with Gasteiger partial charge in [-0.05, 0) is 56.1 Å². The molecule has 0 bridgehead atoms. The summed E-state index contributed by atoms with van der Waals surface area (Å²) in [6, 6.07) is 7.36. The second-order valence-corrected chi connectivity index (χ2v) is 6.89. The molecule has 0 saturated heterocycles. The first-order valence-electron chi connectivity index (χ1n) is 5.67. The standard InChI is InChI=1S/C13H8Br2N2O2S/c14-7-2-1-3-16-13(7)20-10-5-9-6(4-8(10)15)11(18)12(19)17-9/h1-5,11,18H,(H,17,19). The number of pyridine rings is 1. The lowest BCUT2D eigenvalue weighted by molar-refractivity contribution is -0.123. The van der Waals surface area contributed by atoms with Crippen LogP contribution in [0.5, 0.6) is 0 Å². The van der Waals surface area contributed by atoms with Crippen LogP contribution in [0.2, 0.25) is 0 Å². The minimum Gasteiger partial charge on any atom is -0.378 e. The third-order valence-corrected chi connectivity index (χ3v) is 5.73. The highest BCUT2D eigenvalue weighted by atomic mass is 79.9. The van der Waals surface area contributed by atoms with E-state index < -0.39 is 12.0 Å². The Balaban J connectivity index is 1.99. The van der Waals surface area contributed by atoms with Gasteiger partial charge in [-0.25, -0.2) is 4.98 Å². The zero-order valence-corrected chi connectivity index (χ0v) is 13.9. The van der Waals surface area contributed by atoms with Crippen LogP contribution in [0.1, 0.15) is 11.7 Å². The smallest absolute Gasteiger partial charge is 0.257 e. The van der Waals surface area contributed by atoms with Crippen molar-refractivity contribution in [2.45, 2.75) is 16.0 Å². The van der Waals surface area contributed by atoms with E-state index in [1.807, 2.05) is 18.2 Å². The third-order valence-electron chi connectivity index (χ3n) is 2.84. The number of aliphatic hydroxyl groups excluding tert-OH is 1. The normalized spacial score (nSPS) is 16.9. The van der Waals surface area contributed by atoms with E-state index in [9.17, 15) is 9.90 Å². The maximum Gasteiger partial charge on any atom is 0.257 e. The van der Waals surface area contributed by atoms with E-state index in [-0.39, 0.29) is 0 Å². The van der Waals surface area contributed by atoms with Gasteiger partial charge in [0.15, 0.2) is 6.10 Å². The monoisotopic (exact) mass is 414 g/mol. The highest BCUT2D eigenvalue weighted by Gasteiger charge is 2.29. The molecule has 2 heterocycles. The van der Waals surface area contributed by atoms with Crippen LogP contribution in [-0.2, 0) is 4.79 Å². The number of amides is 1. The lowest BCUT2D eigenvalue weighted by Gasteiger charge is -2.08. The number of hydrogen-bond acceptors (Lipinski definition) is 4. The summed E-state index contributed by atoms with van der Waals surface area (Å²) in [4.78, 5) is 16.7. The van der Waals surface area contributed by atoms with Crippen LogP contribution in [0, 0.1) is 0 Å². The maximum absolute atomic E-state index is 11.5. The fraction of sp³-hybridized carbons (Fsp3) is 0.0769. The predicted molar refractivity (Wildman–Crippen MR) is 83.8 cm³/mol. The number of rotatable bonds is 2. The molecular formula is C13H8Br2N2O2S. The molecule has 1 amide bonds. The Kier molecular flexibility index (Phi) is 3.85. The first-order valence-corrected chi connectivity index (χ1v) is 8.07. The van der Waals surface area contributed by atoms with E-state index >= 15 is 0 Å². The van der Waals surface area contributed by atoms with E-state index in [0.29, 0.717) is 11.3 Å². The van der Waals surface area contributed by atoms with E-state index in [2.05, 4.69) is 42.2 Å². The Morgan fingerprint density at radius 1 is 1.30 bits per heavy atom. The SMILES string of the molecule is O=C1Nc2cc(Sc3ncccc3Br)c(Br)cc2C1O. The molecule has 1 aromatic carbocycles. The number of halogens is 2. The lowest BCUT2D eigenvalue weighted by Crippen LogP contribution is -2.10. The van der Waals surface area contributed by atoms with Crippen molar-refractivity contribution >= 4 is 55.2 Å². The fourth-order valence-corrected chi connectivity index (χ4v) is 3.80. The molecular weight excluding hydrogens is 408 g/mol. The Labute approximate surface area is 136 Å². The van der Waals surface area contributed by atoms with Crippen molar-refractivity contribution in [3.05, 3.63) is 45.0 Å². The van der Waals surface area contributed by atoms with Crippen LogP contribution >= 0.6 is 43.6 Å². The largest absolute Gasteiger partial charge is 0.378 e. The van der Waals surface area contributed by atoms with Crippen LogP contribution < -0.4 is 5.32 Å². The van der Waals surface area contributed by atoms with Crippen LogP contribution in [0.4, 0.5) is 5.69 Å². The number of aromatic nitrogens is 1. The van der Waals surface area contributed by atoms with Gasteiger partial charge in [0, 0.05) is 26.8 Å². The molecule has 20 heavy (non-hydrogen) atoms. The predicted octanol–water partition coefficient (Wildman–Crippen LogP) is 3.74. The summed E-state index contributed by atoms with van der Waals surface area (Å²) in [5.41, 5.74) is 1.23. The van der Waals surface area contributed by atoms with Gasteiger partial charge in [-0.2, -0.15) is 0 Å². The van der Waals surface area contributed by atoms with Crippen LogP contribution in [0.25, 0.3) is 0 Å². The Hall–Kier alpha value is -0.890. The number of fused-ring (bicyclic) bond motifs is 1. The van der Waals surface area contributed by atoms with Gasteiger partial charge in [0.25, 0.3) is 5.91 Å².